The number of nitrogens with zero attached hydrogens (tertiary/aromatic N) is 3. The molecule has 0 aliphatic carbocycles. The van der Waals surface area contributed by atoms with Crippen molar-refractivity contribution in [1.29, 1.82) is 0 Å². The number of methoxy groups -OCH3 is 1. The maximum atomic E-state index is 13.4. The summed E-state index contributed by atoms with van der Waals surface area (Å²) in [4.78, 5) is 40.6. The van der Waals surface area contributed by atoms with Crippen LogP contribution in [0.4, 0.5) is 4.79 Å². The number of benzene rings is 2. The van der Waals surface area contributed by atoms with E-state index in [0.29, 0.717) is 23.5 Å². The zero-order valence-electron chi connectivity index (χ0n) is 20.2. The van der Waals surface area contributed by atoms with Crippen LogP contribution in [0.1, 0.15) is 41.8 Å². The van der Waals surface area contributed by atoms with E-state index < -0.39 is 36.0 Å². The second-order valence-corrected chi connectivity index (χ2v) is 9.06. The Morgan fingerprint density at radius 2 is 1.86 bits per heavy atom. The Morgan fingerprint density at radius 3 is 2.50 bits per heavy atom. The number of carbonyl (C=O) groups excluding carboxylic acids is 3. The van der Waals surface area contributed by atoms with Gasteiger partial charge in [-0.1, -0.05) is 42.0 Å². The molecule has 1 aromatic heterocycles. The van der Waals surface area contributed by atoms with E-state index in [1.807, 2.05) is 31.2 Å². The van der Waals surface area contributed by atoms with Crippen LogP contribution in [0, 0.1) is 6.92 Å². The second-order valence-electron chi connectivity index (χ2n) is 9.06. The van der Waals surface area contributed by atoms with Crippen LogP contribution in [-0.2, 0) is 15.1 Å². The molecule has 9 heteroatoms. The number of hydrogen-bond donors (Lipinski definition) is 1. The highest BCUT2D eigenvalue weighted by molar-refractivity contribution is 6.09. The van der Waals surface area contributed by atoms with Gasteiger partial charge in [0.1, 0.15) is 29.6 Å². The van der Waals surface area contributed by atoms with Crippen molar-refractivity contribution in [3.63, 3.8) is 0 Å². The number of hydrazone groups is 1. The van der Waals surface area contributed by atoms with Gasteiger partial charge >= 0.3 is 6.03 Å². The summed E-state index contributed by atoms with van der Waals surface area (Å²) in [7, 11) is 1.55. The van der Waals surface area contributed by atoms with Crippen LogP contribution in [0.25, 0.3) is 0 Å². The lowest BCUT2D eigenvalue weighted by molar-refractivity contribution is -0.140. The summed E-state index contributed by atoms with van der Waals surface area (Å²) in [6.07, 6.45) is 1.99. The number of imide groups is 1. The maximum absolute atomic E-state index is 13.4. The SMILES string of the molecule is COc1ccc([C@]2(C)NC(=O)N(CC(=O)N3N=C(c4ccc(C)cc4)C[C@@H]3c3ccco3)C2=O)cc1. The standard InChI is InChI=1S/C27H26N4O5/c1-17-6-8-18(9-7-17)21-15-22(23-5-4-14-36-23)31(29-21)24(32)16-30-25(33)27(2,28-26(30)34)19-10-12-20(35-3)13-11-19/h4-14,22H,15-16H2,1-3H3,(H,28,34)/t22-,27+/m1/s1. The van der Waals surface area contributed by atoms with Crippen molar-refractivity contribution in [1.82, 2.24) is 15.2 Å². The Hall–Kier alpha value is -4.40. The lowest BCUT2D eigenvalue weighted by atomic mass is 9.92. The summed E-state index contributed by atoms with van der Waals surface area (Å²) in [6, 6.07) is 17.2. The van der Waals surface area contributed by atoms with Crippen LogP contribution in [-0.4, -0.2) is 47.1 Å². The van der Waals surface area contributed by atoms with Crippen molar-refractivity contribution < 1.29 is 23.5 Å². The predicted molar refractivity (Wildman–Crippen MR) is 131 cm³/mol. The Balaban J connectivity index is 1.39. The molecule has 3 aromatic rings. The van der Waals surface area contributed by atoms with Crippen molar-refractivity contribution in [2.24, 2.45) is 5.10 Å². The highest BCUT2D eigenvalue weighted by Gasteiger charge is 2.50. The lowest BCUT2D eigenvalue weighted by Crippen LogP contribution is -2.43. The molecule has 2 aromatic carbocycles. The molecule has 2 aliphatic heterocycles. The molecule has 0 saturated carbocycles. The van der Waals surface area contributed by atoms with E-state index in [2.05, 4.69) is 10.4 Å². The van der Waals surface area contributed by atoms with Crippen molar-refractivity contribution in [2.45, 2.75) is 31.8 Å². The van der Waals surface area contributed by atoms with Gasteiger partial charge in [0.15, 0.2) is 0 Å². The zero-order valence-corrected chi connectivity index (χ0v) is 20.2. The molecule has 5 rings (SSSR count). The molecule has 4 amide bonds. The number of nitrogens with one attached hydrogen (secondary N) is 1. The maximum Gasteiger partial charge on any atom is 0.325 e. The third kappa shape index (κ3) is 4.02. The van der Waals surface area contributed by atoms with Gasteiger partial charge < -0.3 is 14.5 Å². The monoisotopic (exact) mass is 486 g/mol. The third-order valence-electron chi connectivity index (χ3n) is 6.66. The fourth-order valence-corrected chi connectivity index (χ4v) is 4.53. The Labute approximate surface area is 208 Å². The molecule has 0 spiro atoms. The highest BCUT2D eigenvalue weighted by Crippen LogP contribution is 2.34. The molecular formula is C27H26N4O5. The normalized spacial score (nSPS) is 21.5. The number of ether oxygens (including phenoxy) is 1. The minimum absolute atomic E-state index is 0.446. The molecule has 0 unspecified atom stereocenters. The first-order valence-corrected chi connectivity index (χ1v) is 11.6. The van der Waals surface area contributed by atoms with Gasteiger partial charge in [-0.05, 0) is 49.2 Å². The van der Waals surface area contributed by atoms with Crippen molar-refractivity contribution in [3.8, 4) is 5.75 Å². The van der Waals surface area contributed by atoms with Crippen LogP contribution >= 0.6 is 0 Å². The Morgan fingerprint density at radius 1 is 1.14 bits per heavy atom. The molecule has 36 heavy (non-hydrogen) atoms. The molecule has 2 aliphatic rings. The van der Waals surface area contributed by atoms with E-state index >= 15 is 0 Å². The highest BCUT2D eigenvalue weighted by atomic mass is 16.5. The molecule has 1 fully saturated rings. The number of aryl methyl sites for hydroxylation is 1. The molecule has 1 N–H and O–H groups in total. The smallest absolute Gasteiger partial charge is 0.325 e. The second kappa shape index (κ2) is 8.99. The van der Waals surface area contributed by atoms with Gasteiger partial charge in [0.2, 0.25) is 0 Å². The van der Waals surface area contributed by atoms with E-state index in [0.717, 1.165) is 21.7 Å². The van der Waals surface area contributed by atoms with Crippen molar-refractivity contribution in [3.05, 3.63) is 89.4 Å². The summed E-state index contributed by atoms with van der Waals surface area (Å²) in [5.74, 6) is 0.212. The fraction of sp³-hybridized carbons (Fsp3) is 0.259. The summed E-state index contributed by atoms with van der Waals surface area (Å²) < 4.78 is 10.8. The summed E-state index contributed by atoms with van der Waals surface area (Å²) >= 11 is 0. The average molecular weight is 487 g/mol. The molecule has 9 nitrogen and oxygen atoms in total. The van der Waals surface area contributed by atoms with Crippen LogP contribution in [0.3, 0.4) is 0 Å². The topological polar surface area (TPSA) is 104 Å². The molecule has 2 atom stereocenters. The molecule has 0 bridgehead atoms. The molecule has 184 valence electrons. The lowest BCUT2D eigenvalue weighted by Gasteiger charge is -2.24. The third-order valence-corrected chi connectivity index (χ3v) is 6.66. The number of amides is 4. The number of urea groups is 1. The Bertz CT molecular complexity index is 1330. The fourth-order valence-electron chi connectivity index (χ4n) is 4.53. The number of rotatable bonds is 6. The number of hydrogen-bond acceptors (Lipinski definition) is 6. The average Bonchev–Trinajstić information content (AvgIpc) is 3.61. The molecular weight excluding hydrogens is 460 g/mol. The van der Waals surface area contributed by atoms with Crippen LogP contribution in [0.5, 0.6) is 5.75 Å². The largest absolute Gasteiger partial charge is 0.497 e. The van der Waals surface area contributed by atoms with Crippen LogP contribution in [0.15, 0.2) is 76.4 Å². The van der Waals surface area contributed by atoms with Gasteiger partial charge in [0.05, 0.1) is 19.1 Å². The van der Waals surface area contributed by atoms with E-state index in [1.54, 1.807) is 56.7 Å². The van der Waals surface area contributed by atoms with E-state index in [-0.39, 0.29) is 0 Å². The van der Waals surface area contributed by atoms with Gasteiger partial charge in [-0.25, -0.2) is 9.80 Å². The first-order chi connectivity index (χ1) is 17.3. The van der Waals surface area contributed by atoms with Crippen LogP contribution in [0.2, 0.25) is 0 Å². The van der Waals surface area contributed by atoms with Gasteiger partial charge in [0.25, 0.3) is 11.8 Å². The van der Waals surface area contributed by atoms with Crippen LogP contribution < -0.4 is 10.1 Å². The quantitative estimate of drug-likeness (QED) is 0.535. The first kappa shape index (κ1) is 23.3. The van der Waals surface area contributed by atoms with Crippen molar-refractivity contribution in [2.75, 3.05) is 13.7 Å². The van der Waals surface area contributed by atoms with E-state index in [9.17, 15) is 14.4 Å². The first-order valence-electron chi connectivity index (χ1n) is 11.6. The number of furan rings is 1. The van der Waals surface area contributed by atoms with Gasteiger partial charge in [0, 0.05) is 6.42 Å². The van der Waals surface area contributed by atoms with E-state index in [1.165, 1.54) is 5.01 Å². The summed E-state index contributed by atoms with van der Waals surface area (Å²) in [5.41, 5.74) is 2.03. The van der Waals surface area contributed by atoms with E-state index in [4.69, 9.17) is 9.15 Å². The molecule has 0 radical (unpaired) electrons. The minimum Gasteiger partial charge on any atom is -0.497 e. The van der Waals surface area contributed by atoms with Gasteiger partial charge in [-0.15, -0.1) is 0 Å². The Kier molecular flexibility index (Phi) is 5.83. The van der Waals surface area contributed by atoms with Gasteiger partial charge in [-0.3, -0.25) is 14.5 Å². The minimum atomic E-state index is -1.30. The molecule has 3 heterocycles. The zero-order chi connectivity index (χ0) is 25.4. The van der Waals surface area contributed by atoms with Gasteiger partial charge in [-0.2, -0.15) is 5.10 Å². The van der Waals surface area contributed by atoms with Crippen molar-refractivity contribution >= 4 is 23.6 Å². The summed E-state index contributed by atoms with van der Waals surface area (Å²) in [6.45, 7) is 3.17. The molecule has 1 saturated heterocycles. The number of carbonyl (C=O) groups is 3. The summed E-state index contributed by atoms with van der Waals surface area (Å²) in [5, 5.41) is 8.64. The predicted octanol–water partition coefficient (Wildman–Crippen LogP) is 3.74.